The molecule has 2 N–H and O–H groups in total. The van der Waals surface area contributed by atoms with Gasteiger partial charge in [0.25, 0.3) is 11.5 Å². The maximum Gasteiger partial charge on any atom is 0.332 e. The van der Waals surface area contributed by atoms with E-state index in [1.807, 2.05) is 30.3 Å². The van der Waals surface area contributed by atoms with Crippen LogP contribution in [0.1, 0.15) is 24.3 Å². The number of hydrogen-bond acceptors (Lipinski definition) is 5. The third-order valence-electron chi connectivity index (χ3n) is 4.95. The van der Waals surface area contributed by atoms with E-state index < -0.39 is 11.2 Å². The van der Waals surface area contributed by atoms with Crippen LogP contribution in [0, 0.1) is 5.92 Å². The van der Waals surface area contributed by atoms with Gasteiger partial charge in [0.2, 0.25) is 0 Å². The first-order chi connectivity index (χ1) is 13.8. The van der Waals surface area contributed by atoms with Crippen LogP contribution < -0.4 is 21.9 Å². The molecule has 0 aliphatic heterocycles. The van der Waals surface area contributed by atoms with Crippen molar-refractivity contribution in [1.82, 2.24) is 19.4 Å². The van der Waals surface area contributed by atoms with E-state index in [1.54, 1.807) is 0 Å². The number of para-hydroxylation sites is 1. The zero-order valence-electron chi connectivity index (χ0n) is 17.0. The second-order valence-electron chi connectivity index (χ2n) is 7.34. The van der Waals surface area contributed by atoms with Gasteiger partial charge in [-0.1, -0.05) is 32.0 Å². The summed E-state index contributed by atoms with van der Waals surface area (Å²) >= 11 is 0. The van der Waals surface area contributed by atoms with Gasteiger partial charge in [-0.3, -0.25) is 18.7 Å². The number of benzene rings is 1. The molecule has 1 unspecified atom stereocenters. The van der Waals surface area contributed by atoms with Gasteiger partial charge in [0, 0.05) is 32.4 Å². The molecule has 0 fully saturated rings. The number of pyridine rings is 1. The number of fused-ring (bicyclic) bond motifs is 1. The number of aryl methyl sites for hydroxylation is 1. The summed E-state index contributed by atoms with van der Waals surface area (Å²) in [6, 6.07) is 12.9. The van der Waals surface area contributed by atoms with Gasteiger partial charge in [0.05, 0.1) is 5.39 Å². The predicted octanol–water partition coefficient (Wildman–Crippen LogP) is 1.50. The third-order valence-corrected chi connectivity index (χ3v) is 4.95. The second kappa shape index (κ2) is 8.30. The quantitative estimate of drug-likeness (QED) is 0.659. The summed E-state index contributed by atoms with van der Waals surface area (Å²) in [6.45, 7) is 4.56. The summed E-state index contributed by atoms with van der Waals surface area (Å²) in [4.78, 5) is 41.3. The molecular weight excluding hydrogens is 370 g/mol. The molecule has 8 nitrogen and oxygen atoms in total. The molecule has 8 heteroatoms. The van der Waals surface area contributed by atoms with Gasteiger partial charge in [-0.15, -0.1) is 0 Å². The van der Waals surface area contributed by atoms with E-state index in [9.17, 15) is 14.4 Å². The molecular formula is C21H25N5O3. The first kappa shape index (κ1) is 20.3. The lowest BCUT2D eigenvalue weighted by Crippen LogP contribution is -2.40. The lowest BCUT2D eigenvalue weighted by molar-refractivity contribution is 0.0945. The molecule has 29 heavy (non-hydrogen) atoms. The van der Waals surface area contributed by atoms with Crippen LogP contribution in [0.5, 0.6) is 0 Å². The average molecular weight is 395 g/mol. The fourth-order valence-corrected chi connectivity index (χ4v) is 3.08. The molecule has 2 aromatic heterocycles. The van der Waals surface area contributed by atoms with E-state index in [0.717, 1.165) is 10.3 Å². The van der Waals surface area contributed by atoms with Crippen LogP contribution in [0.2, 0.25) is 0 Å². The number of aromatic nitrogens is 3. The Kier molecular flexibility index (Phi) is 5.81. The standard InChI is InChI=1S/C21H25N5O3/c1-13(2)17(23-14-8-6-5-7-9-14)12-22-19(27)16-11-10-15-18(24-16)25(3)21(29)26(4)20(15)28/h5-11,13,17,23H,12H2,1-4H3,(H,22,27). The zero-order chi connectivity index (χ0) is 21.1. The highest BCUT2D eigenvalue weighted by atomic mass is 16.2. The van der Waals surface area contributed by atoms with E-state index >= 15 is 0 Å². The van der Waals surface area contributed by atoms with Crippen molar-refractivity contribution in [3.8, 4) is 0 Å². The minimum Gasteiger partial charge on any atom is -0.380 e. The first-order valence-electron chi connectivity index (χ1n) is 9.46. The third kappa shape index (κ3) is 4.21. The van der Waals surface area contributed by atoms with Gasteiger partial charge in [0.15, 0.2) is 0 Å². The average Bonchev–Trinajstić information content (AvgIpc) is 2.73. The van der Waals surface area contributed by atoms with Crippen molar-refractivity contribution in [2.75, 3.05) is 11.9 Å². The van der Waals surface area contributed by atoms with Crippen LogP contribution in [0.25, 0.3) is 11.0 Å². The molecule has 0 aliphatic rings. The van der Waals surface area contributed by atoms with Crippen molar-refractivity contribution in [3.63, 3.8) is 0 Å². The van der Waals surface area contributed by atoms with Gasteiger partial charge in [-0.25, -0.2) is 9.78 Å². The molecule has 0 aliphatic carbocycles. The van der Waals surface area contributed by atoms with Crippen molar-refractivity contribution < 1.29 is 4.79 Å². The predicted molar refractivity (Wildman–Crippen MR) is 113 cm³/mol. The molecule has 0 saturated heterocycles. The molecule has 0 saturated carbocycles. The van der Waals surface area contributed by atoms with Crippen LogP contribution in [0.4, 0.5) is 5.69 Å². The molecule has 0 spiro atoms. The lowest BCUT2D eigenvalue weighted by Gasteiger charge is -2.24. The molecule has 1 atom stereocenters. The van der Waals surface area contributed by atoms with Gasteiger partial charge in [0.1, 0.15) is 11.3 Å². The number of rotatable bonds is 6. The Morgan fingerprint density at radius 2 is 1.72 bits per heavy atom. The first-order valence-corrected chi connectivity index (χ1v) is 9.46. The maximum absolute atomic E-state index is 12.6. The summed E-state index contributed by atoms with van der Waals surface area (Å²) in [6.07, 6.45) is 0. The summed E-state index contributed by atoms with van der Waals surface area (Å²) < 4.78 is 2.29. The van der Waals surface area contributed by atoms with E-state index in [4.69, 9.17) is 0 Å². The van der Waals surface area contributed by atoms with Crippen molar-refractivity contribution in [1.29, 1.82) is 0 Å². The SMILES string of the molecule is CC(C)C(CNC(=O)c1ccc2c(=O)n(C)c(=O)n(C)c2n1)Nc1ccccc1. The number of carbonyl (C=O) groups is 1. The van der Waals surface area contributed by atoms with Gasteiger partial charge >= 0.3 is 5.69 Å². The largest absolute Gasteiger partial charge is 0.380 e. The van der Waals surface area contributed by atoms with Crippen LogP contribution in [0.15, 0.2) is 52.1 Å². The highest BCUT2D eigenvalue weighted by molar-refractivity contribution is 5.94. The van der Waals surface area contributed by atoms with Crippen molar-refractivity contribution >= 4 is 22.6 Å². The Morgan fingerprint density at radius 3 is 2.38 bits per heavy atom. The van der Waals surface area contributed by atoms with Crippen LogP contribution in [-0.4, -0.2) is 32.6 Å². The summed E-state index contributed by atoms with van der Waals surface area (Å²) in [5.74, 6) is -0.0792. The Hall–Kier alpha value is -3.42. The van der Waals surface area contributed by atoms with E-state index in [-0.39, 0.29) is 34.6 Å². The van der Waals surface area contributed by atoms with Gasteiger partial charge < -0.3 is 10.6 Å². The molecule has 2 heterocycles. The fourth-order valence-electron chi connectivity index (χ4n) is 3.08. The Morgan fingerprint density at radius 1 is 1.03 bits per heavy atom. The van der Waals surface area contributed by atoms with Crippen LogP contribution >= 0.6 is 0 Å². The minimum absolute atomic E-state index is 0.0263. The second-order valence-corrected chi connectivity index (χ2v) is 7.34. The number of hydrogen-bond donors (Lipinski definition) is 2. The van der Waals surface area contributed by atoms with E-state index in [1.165, 1.54) is 30.8 Å². The minimum atomic E-state index is -0.487. The molecule has 3 aromatic rings. The lowest BCUT2D eigenvalue weighted by atomic mass is 10.0. The maximum atomic E-state index is 12.6. The van der Waals surface area contributed by atoms with Crippen LogP contribution in [-0.2, 0) is 14.1 Å². The summed E-state index contributed by atoms with van der Waals surface area (Å²) in [5, 5.41) is 6.60. The Labute approximate surface area is 168 Å². The molecule has 1 amide bonds. The van der Waals surface area contributed by atoms with Gasteiger partial charge in [-0.05, 0) is 30.2 Å². The number of nitrogens with zero attached hydrogens (tertiary/aromatic N) is 3. The normalized spacial score (nSPS) is 12.2. The van der Waals surface area contributed by atoms with Crippen molar-refractivity contribution in [3.05, 3.63) is 69.0 Å². The van der Waals surface area contributed by atoms with Crippen molar-refractivity contribution in [2.45, 2.75) is 19.9 Å². The van der Waals surface area contributed by atoms with E-state index in [2.05, 4.69) is 29.5 Å². The molecule has 0 radical (unpaired) electrons. The molecule has 152 valence electrons. The monoisotopic (exact) mass is 395 g/mol. The smallest absolute Gasteiger partial charge is 0.332 e. The zero-order valence-corrected chi connectivity index (χ0v) is 17.0. The number of nitrogens with one attached hydrogen (secondary N) is 2. The molecule has 0 bridgehead atoms. The number of amides is 1. The molecule has 1 aromatic carbocycles. The highest BCUT2D eigenvalue weighted by Gasteiger charge is 2.17. The Balaban J connectivity index is 1.80. The number of carbonyl (C=O) groups excluding carboxylic acids is 1. The topological polar surface area (TPSA) is 98.0 Å². The van der Waals surface area contributed by atoms with Gasteiger partial charge in [-0.2, -0.15) is 0 Å². The highest BCUT2D eigenvalue weighted by Crippen LogP contribution is 2.12. The molecule has 3 rings (SSSR count). The van der Waals surface area contributed by atoms with Crippen LogP contribution in [0.3, 0.4) is 0 Å². The van der Waals surface area contributed by atoms with E-state index in [0.29, 0.717) is 6.54 Å². The fraction of sp³-hybridized carbons (Fsp3) is 0.333. The number of anilines is 1. The van der Waals surface area contributed by atoms with Crippen molar-refractivity contribution in [2.24, 2.45) is 20.0 Å². The Bertz CT molecular complexity index is 1150. The summed E-state index contributed by atoms with van der Waals surface area (Å²) in [5.41, 5.74) is 0.403. The summed E-state index contributed by atoms with van der Waals surface area (Å²) in [7, 11) is 2.94.